The average Bonchev–Trinajstić information content (AvgIpc) is 3.41. The summed E-state index contributed by atoms with van der Waals surface area (Å²) >= 11 is 0. The van der Waals surface area contributed by atoms with E-state index < -0.39 is 34.0 Å². The summed E-state index contributed by atoms with van der Waals surface area (Å²) in [5, 5.41) is 35.4. The summed E-state index contributed by atoms with van der Waals surface area (Å²) in [5.74, 6) is 0.000335. The normalized spacial score (nSPS) is 26.9. The van der Waals surface area contributed by atoms with Crippen LogP contribution in [0.3, 0.4) is 0 Å². The van der Waals surface area contributed by atoms with Crippen molar-refractivity contribution in [3.05, 3.63) is 29.4 Å². The maximum atomic E-state index is 12.3. The molecule has 1 saturated carbocycles. The first kappa shape index (κ1) is 27.5. The van der Waals surface area contributed by atoms with Crippen LogP contribution in [-0.2, 0) is 22.9 Å². The highest BCUT2D eigenvalue weighted by molar-refractivity contribution is 7.91. The number of nitrogens with zero attached hydrogens (tertiary/aromatic N) is 5. The number of halogens is 2. The van der Waals surface area contributed by atoms with E-state index in [1.807, 2.05) is 4.90 Å². The molecular weight excluding hydrogens is 499 g/mol. The minimum Gasteiger partial charge on any atom is -0.390 e. The van der Waals surface area contributed by atoms with Gasteiger partial charge in [0.2, 0.25) is 0 Å². The highest BCUT2D eigenvalue weighted by Gasteiger charge is 2.42. The SMILES string of the molecule is Cc1cc(C(=O)N[C@@H]2C[C@H](Cn3cc(CN4CCS(=O)(=O)CC4)nn3)[C@@H](O)[C@H]2O)no1.Cl.Cl. The smallest absolute Gasteiger partial charge is 0.273 e. The number of nitrogens with one attached hydrogen (secondary N) is 1. The van der Waals surface area contributed by atoms with Gasteiger partial charge in [-0.1, -0.05) is 10.4 Å². The quantitative estimate of drug-likeness (QED) is 0.433. The Balaban J connectivity index is 0.00000193. The molecule has 2 aromatic rings. The summed E-state index contributed by atoms with van der Waals surface area (Å²) in [6.45, 7) is 3.44. The van der Waals surface area contributed by atoms with Gasteiger partial charge in [0, 0.05) is 44.4 Å². The van der Waals surface area contributed by atoms with Crippen LogP contribution < -0.4 is 5.32 Å². The first-order valence-corrected chi connectivity index (χ1v) is 11.9. The molecular formula is C18H28Cl2N6O6S. The Bertz CT molecular complexity index is 1030. The molecule has 15 heteroatoms. The molecule has 2 aromatic heterocycles. The van der Waals surface area contributed by atoms with Crippen molar-refractivity contribution in [2.45, 2.75) is 44.7 Å². The van der Waals surface area contributed by atoms with Crippen molar-refractivity contribution in [3.8, 4) is 0 Å². The number of hydrogen-bond donors (Lipinski definition) is 3. The van der Waals surface area contributed by atoms with E-state index in [2.05, 4.69) is 20.8 Å². The minimum atomic E-state index is -2.93. The average molecular weight is 527 g/mol. The second kappa shape index (κ2) is 11.1. The Morgan fingerprint density at radius 1 is 1.24 bits per heavy atom. The number of carbonyl (C=O) groups excluding carboxylic acids is 1. The lowest BCUT2D eigenvalue weighted by molar-refractivity contribution is 0.00757. The first-order chi connectivity index (χ1) is 14.7. The van der Waals surface area contributed by atoms with E-state index >= 15 is 0 Å². The fourth-order valence-electron chi connectivity index (χ4n) is 4.04. The van der Waals surface area contributed by atoms with Crippen LogP contribution >= 0.6 is 24.8 Å². The Hall–Kier alpha value is -1.77. The molecule has 186 valence electrons. The molecule has 0 aromatic carbocycles. The van der Waals surface area contributed by atoms with Crippen LogP contribution in [0.5, 0.6) is 0 Å². The zero-order valence-corrected chi connectivity index (χ0v) is 20.4. The summed E-state index contributed by atoms with van der Waals surface area (Å²) in [6.07, 6.45) is -0.0133. The van der Waals surface area contributed by atoms with E-state index in [0.29, 0.717) is 44.1 Å². The number of aryl methyl sites for hydroxylation is 1. The van der Waals surface area contributed by atoms with Crippen LogP contribution in [0.1, 0.15) is 28.4 Å². The van der Waals surface area contributed by atoms with Crippen molar-refractivity contribution < 1.29 is 27.9 Å². The molecule has 4 atom stereocenters. The third kappa shape index (κ3) is 6.64. The topological polar surface area (TPSA) is 164 Å². The van der Waals surface area contributed by atoms with Crippen molar-refractivity contribution in [2.24, 2.45) is 5.92 Å². The molecule has 1 aliphatic carbocycles. The molecule has 2 fully saturated rings. The van der Waals surface area contributed by atoms with Crippen molar-refractivity contribution in [3.63, 3.8) is 0 Å². The number of hydrogen-bond acceptors (Lipinski definition) is 10. The predicted octanol–water partition coefficient (Wildman–Crippen LogP) is -0.811. The zero-order valence-electron chi connectivity index (χ0n) is 17.9. The Kier molecular flexibility index (Phi) is 9.24. The maximum Gasteiger partial charge on any atom is 0.273 e. The molecule has 1 saturated heterocycles. The lowest BCUT2D eigenvalue weighted by Crippen LogP contribution is -2.43. The summed E-state index contributed by atoms with van der Waals surface area (Å²) in [5.41, 5.74) is 0.827. The maximum absolute atomic E-state index is 12.3. The van der Waals surface area contributed by atoms with E-state index in [1.165, 1.54) is 6.07 Å². The molecule has 3 N–H and O–H groups in total. The fourth-order valence-corrected chi connectivity index (χ4v) is 5.32. The van der Waals surface area contributed by atoms with Gasteiger partial charge >= 0.3 is 0 Å². The summed E-state index contributed by atoms with van der Waals surface area (Å²) in [7, 11) is -2.93. The molecule has 2 aliphatic rings. The van der Waals surface area contributed by atoms with Crippen LogP contribution in [-0.4, -0.2) is 92.4 Å². The fraction of sp³-hybridized carbons (Fsp3) is 0.667. The number of rotatable bonds is 6. The number of carbonyl (C=O) groups is 1. The lowest BCUT2D eigenvalue weighted by Gasteiger charge is -2.25. The van der Waals surface area contributed by atoms with E-state index in [0.717, 1.165) is 0 Å². The third-order valence-corrected chi connectivity index (χ3v) is 7.42. The van der Waals surface area contributed by atoms with Crippen LogP contribution in [0.4, 0.5) is 0 Å². The van der Waals surface area contributed by atoms with Crippen molar-refractivity contribution in [2.75, 3.05) is 24.6 Å². The standard InChI is InChI=1S/C18H26N6O6S.2ClH/c1-11-6-15(21-30-11)18(27)19-14-7-12(16(25)17(14)26)8-24-10-13(20-22-24)9-23-2-4-31(28,29)5-3-23;;/h6,10,12,14,16-17,25-26H,2-5,7-9H2,1H3,(H,19,27);2*1H/t12-,14-,16-,17+;;/m1../s1. The monoisotopic (exact) mass is 526 g/mol. The number of amides is 1. The molecule has 12 nitrogen and oxygen atoms in total. The summed E-state index contributed by atoms with van der Waals surface area (Å²) in [6, 6.07) is 0.877. The largest absolute Gasteiger partial charge is 0.390 e. The number of sulfone groups is 1. The molecule has 3 heterocycles. The van der Waals surface area contributed by atoms with Gasteiger partial charge < -0.3 is 20.1 Å². The Morgan fingerprint density at radius 2 is 1.94 bits per heavy atom. The van der Waals surface area contributed by atoms with E-state index in [9.17, 15) is 23.4 Å². The summed E-state index contributed by atoms with van der Waals surface area (Å²) < 4.78 is 29.6. The van der Waals surface area contributed by atoms with E-state index in [4.69, 9.17) is 4.52 Å². The van der Waals surface area contributed by atoms with Gasteiger partial charge in [-0.3, -0.25) is 14.4 Å². The number of aromatic nitrogens is 4. The molecule has 0 bridgehead atoms. The first-order valence-electron chi connectivity index (χ1n) is 10.1. The van der Waals surface area contributed by atoms with Gasteiger partial charge in [0.15, 0.2) is 15.5 Å². The van der Waals surface area contributed by atoms with Crippen molar-refractivity contribution >= 4 is 40.6 Å². The molecule has 4 rings (SSSR count). The summed E-state index contributed by atoms with van der Waals surface area (Å²) in [4.78, 5) is 14.3. The van der Waals surface area contributed by atoms with Crippen LogP contribution in [0, 0.1) is 12.8 Å². The Labute approximate surface area is 203 Å². The highest BCUT2D eigenvalue weighted by Crippen LogP contribution is 2.28. The predicted molar refractivity (Wildman–Crippen MR) is 121 cm³/mol. The van der Waals surface area contributed by atoms with Gasteiger partial charge in [-0.25, -0.2) is 8.42 Å². The van der Waals surface area contributed by atoms with Gasteiger partial charge in [0.25, 0.3) is 5.91 Å². The highest BCUT2D eigenvalue weighted by atomic mass is 35.5. The number of aliphatic hydroxyl groups excluding tert-OH is 2. The molecule has 1 amide bonds. The van der Waals surface area contributed by atoms with Gasteiger partial charge in [-0.2, -0.15) is 0 Å². The molecule has 33 heavy (non-hydrogen) atoms. The molecule has 0 radical (unpaired) electrons. The van der Waals surface area contributed by atoms with Gasteiger partial charge in [-0.15, -0.1) is 29.9 Å². The zero-order chi connectivity index (χ0) is 22.2. The third-order valence-electron chi connectivity index (χ3n) is 5.81. The van der Waals surface area contributed by atoms with Crippen LogP contribution in [0.2, 0.25) is 0 Å². The minimum absolute atomic E-state index is 0. The van der Waals surface area contributed by atoms with E-state index in [1.54, 1.807) is 17.8 Å². The lowest BCUT2D eigenvalue weighted by atomic mass is 10.1. The van der Waals surface area contributed by atoms with Gasteiger partial charge in [0.1, 0.15) is 11.9 Å². The van der Waals surface area contributed by atoms with Gasteiger partial charge in [0.05, 0.1) is 29.3 Å². The molecule has 0 unspecified atom stereocenters. The second-order valence-corrected chi connectivity index (χ2v) is 10.5. The van der Waals surface area contributed by atoms with Crippen molar-refractivity contribution in [1.82, 2.24) is 30.4 Å². The van der Waals surface area contributed by atoms with Crippen LogP contribution in [0.15, 0.2) is 16.8 Å². The Morgan fingerprint density at radius 3 is 2.58 bits per heavy atom. The van der Waals surface area contributed by atoms with Crippen LogP contribution in [0.25, 0.3) is 0 Å². The van der Waals surface area contributed by atoms with Crippen molar-refractivity contribution in [1.29, 1.82) is 0 Å². The second-order valence-electron chi connectivity index (χ2n) is 8.24. The molecule has 0 spiro atoms. The van der Waals surface area contributed by atoms with E-state index in [-0.39, 0.29) is 47.9 Å². The number of aliphatic hydroxyl groups is 2. The van der Waals surface area contributed by atoms with Gasteiger partial charge in [-0.05, 0) is 13.3 Å². The molecule has 1 aliphatic heterocycles.